The second kappa shape index (κ2) is 8.54. The number of aryl methyl sites for hydroxylation is 1. The molecule has 0 spiro atoms. The van der Waals surface area contributed by atoms with Gasteiger partial charge in [-0.3, -0.25) is 4.79 Å². The third-order valence-electron chi connectivity index (χ3n) is 2.96. The number of anilines is 1. The number of nitrogens with one attached hydrogen (secondary N) is 2. The molecule has 122 valence electrons. The minimum Gasteiger partial charge on any atom is -0.480 e. The van der Waals surface area contributed by atoms with E-state index in [1.165, 1.54) is 6.20 Å². The molecule has 0 saturated heterocycles. The normalized spacial score (nSPS) is 12.4. The molecule has 0 fully saturated rings. The van der Waals surface area contributed by atoms with Gasteiger partial charge in [0, 0.05) is 12.4 Å². The van der Waals surface area contributed by atoms with Crippen molar-refractivity contribution in [3.8, 4) is 6.07 Å². The van der Waals surface area contributed by atoms with E-state index >= 15 is 0 Å². The number of rotatable bonds is 7. The summed E-state index contributed by atoms with van der Waals surface area (Å²) in [6.45, 7) is 5.60. The smallest absolute Gasteiger partial charge is 0.326 e. The fraction of sp³-hybridized carbons (Fsp3) is 0.375. The summed E-state index contributed by atoms with van der Waals surface area (Å²) < 4.78 is 0. The van der Waals surface area contributed by atoms with Crippen LogP contribution in [-0.2, 0) is 9.59 Å². The van der Waals surface area contributed by atoms with Crippen LogP contribution in [0.15, 0.2) is 30.1 Å². The Morgan fingerprint density at radius 1 is 1.48 bits per heavy atom. The molecule has 23 heavy (non-hydrogen) atoms. The van der Waals surface area contributed by atoms with Crippen LogP contribution in [0.5, 0.6) is 0 Å². The number of aliphatic carboxylic acids is 1. The van der Waals surface area contributed by atoms with E-state index in [4.69, 9.17) is 10.4 Å². The van der Waals surface area contributed by atoms with E-state index in [2.05, 4.69) is 15.6 Å². The first-order chi connectivity index (χ1) is 10.8. The van der Waals surface area contributed by atoms with Gasteiger partial charge in [-0.05, 0) is 37.0 Å². The molecule has 1 unspecified atom stereocenters. The first kappa shape index (κ1) is 18.2. The number of pyridine rings is 1. The second-order valence-electron chi connectivity index (χ2n) is 5.53. The number of nitrogens with zero attached hydrogens (tertiary/aromatic N) is 2. The van der Waals surface area contributed by atoms with Crippen molar-refractivity contribution in [2.75, 3.05) is 5.32 Å². The molecule has 7 heteroatoms. The summed E-state index contributed by atoms with van der Waals surface area (Å²) in [6.07, 6.45) is 3.10. The first-order valence-electron chi connectivity index (χ1n) is 7.16. The van der Waals surface area contributed by atoms with Crippen molar-refractivity contribution in [3.05, 3.63) is 35.7 Å². The lowest BCUT2D eigenvalue weighted by atomic mass is 10.0. The minimum atomic E-state index is -1.13. The Labute approximate surface area is 135 Å². The molecule has 1 rings (SSSR count). The number of hydrogen-bond acceptors (Lipinski definition) is 5. The predicted octanol–water partition coefficient (Wildman–Crippen LogP) is 1.82. The highest BCUT2D eigenvalue weighted by Gasteiger charge is 2.22. The van der Waals surface area contributed by atoms with Crippen LogP contribution in [-0.4, -0.2) is 28.0 Å². The summed E-state index contributed by atoms with van der Waals surface area (Å²) in [7, 11) is 0. The average molecular weight is 316 g/mol. The number of nitriles is 1. The van der Waals surface area contributed by atoms with Gasteiger partial charge < -0.3 is 15.7 Å². The van der Waals surface area contributed by atoms with E-state index in [1.807, 2.05) is 26.8 Å². The fourth-order valence-electron chi connectivity index (χ4n) is 1.84. The molecule has 1 aromatic rings. The van der Waals surface area contributed by atoms with E-state index in [0.29, 0.717) is 5.82 Å². The van der Waals surface area contributed by atoms with Crippen LogP contribution in [0.1, 0.15) is 25.8 Å². The number of aromatic nitrogens is 1. The second-order valence-corrected chi connectivity index (χ2v) is 5.53. The summed E-state index contributed by atoms with van der Waals surface area (Å²) >= 11 is 0. The van der Waals surface area contributed by atoms with Crippen molar-refractivity contribution in [1.82, 2.24) is 10.3 Å². The van der Waals surface area contributed by atoms with Crippen molar-refractivity contribution >= 4 is 17.7 Å². The van der Waals surface area contributed by atoms with Gasteiger partial charge in [0.15, 0.2) is 0 Å². The van der Waals surface area contributed by atoms with Crippen molar-refractivity contribution in [2.45, 2.75) is 33.2 Å². The van der Waals surface area contributed by atoms with E-state index < -0.39 is 17.9 Å². The summed E-state index contributed by atoms with van der Waals surface area (Å²) in [5, 5.41) is 23.3. The maximum absolute atomic E-state index is 12.0. The monoisotopic (exact) mass is 316 g/mol. The molecule has 0 aliphatic rings. The molecule has 0 aromatic carbocycles. The molecule has 1 amide bonds. The highest BCUT2D eigenvalue weighted by atomic mass is 16.4. The van der Waals surface area contributed by atoms with Gasteiger partial charge in [-0.25, -0.2) is 9.78 Å². The number of hydrogen-bond donors (Lipinski definition) is 3. The van der Waals surface area contributed by atoms with Crippen LogP contribution in [0.25, 0.3) is 0 Å². The summed E-state index contributed by atoms with van der Waals surface area (Å²) in [4.78, 5) is 27.2. The maximum Gasteiger partial charge on any atom is 0.326 e. The summed E-state index contributed by atoms with van der Waals surface area (Å²) in [5.74, 6) is -1.28. The number of carboxylic acids is 1. The van der Waals surface area contributed by atoms with Crippen molar-refractivity contribution in [3.63, 3.8) is 0 Å². The standard InChI is InChI=1S/C16H20N4O3/c1-10(2)6-13(16(22)23)20-15(21)12(8-17)9-19-14-7-11(3)4-5-18-14/h4-5,7,9-10,13H,6H2,1-3H3,(H,18,19)(H,20,21)(H,22,23)/b12-9-. The third-order valence-corrected chi connectivity index (χ3v) is 2.96. The van der Waals surface area contributed by atoms with Crippen LogP contribution >= 0.6 is 0 Å². The molecule has 1 heterocycles. The minimum absolute atomic E-state index is 0.0977. The molecule has 7 nitrogen and oxygen atoms in total. The number of carbonyl (C=O) groups excluding carboxylic acids is 1. The predicted molar refractivity (Wildman–Crippen MR) is 85.3 cm³/mol. The number of carboxylic acid groups (broad SMARTS) is 1. The zero-order valence-electron chi connectivity index (χ0n) is 13.3. The third kappa shape index (κ3) is 6.18. The zero-order chi connectivity index (χ0) is 17.4. The number of amides is 1. The Bertz CT molecular complexity index is 647. The van der Waals surface area contributed by atoms with Gasteiger partial charge in [-0.1, -0.05) is 13.8 Å². The van der Waals surface area contributed by atoms with E-state index in [0.717, 1.165) is 5.56 Å². The fourth-order valence-corrected chi connectivity index (χ4v) is 1.84. The molecule has 0 bridgehead atoms. The van der Waals surface area contributed by atoms with Gasteiger partial charge in [0.05, 0.1) is 0 Å². The Kier molecular flexibility index (Phi) is 6.74. The Balaban J connectivity index is 2.79. The van der Waals surface area contributed by atoms with Crippen molar-refractivity contribution in [2.24, 2.45) is 5.92 Å². The van der Waals surface area contributed by atoms with Crippen LogP contribution in [0, 0.1) is 24.2 Å². The molecule has 0 saturated carbocycles. The highest BCUT2D eigenvalue weighted by Crippen LogP contribution is 2.08. The largest absolute Gasteiger partial charge is 0.480 e. The van der Waals surface area contributed by atoms with E-state index in [1.54, 1.807) is 18.3 Å². The van der Waals surface area contributed by atoms with Crippen molar-refractivity contribution in [1.29, 1.82) is 5.26 Å². The highest BCUT2D eigenvalue weighted by molar-refractivity contribution is 5.99. The maximum atomic E-state index is 12.0. The molecule has 3 N–H and O–H groups in total. The number of carbonyl (C=O) groups is 2. The Hall–Kier alpha value is -2.88. The molecule has 0 aliphatic heterocycles. The van der Waals surface area contributed by atoms with Crippen LogP contribution in [0.3, 0.4) is 0 Å². The Morgan fingerprint density at radius 3 is 2.70 bits per heavy atom. The molecule has 1 atom stereocenters. The molecule has 0 radical (unpaired) electrons. The molecular formula is C16H20N4O3. The molecule has 0 aliphatic carbocycles. The zero-order valence-corrected chi connectivity index (χ0v) is 13.3. The summed E-state index contributed by atoms with van der Waals surface area (Å²) in [5.41, 5.74) is 0.755. The van der Waals surface area contributed by atoms with Gasteiger partial charge in [-0.15, -0.1) is 0 Å². The van der Waals surface area contributed by atoms with Gasteiger partial charge in [0.25, 0.3) is 5.91 Å². The topological polar surface area (TPSA) is 115 Å². The summed E-state index contributed by atoms with van der Waals surface area (Å²) in [6, 6.07) is 4.29. The Morgan fingerprint density at radius 2 is 2.17 bits per heavy atom. The van der Waals surface area contributed by atoms with E-state index in [-0.39, 0.29) is 17.9 Å². The van der Waals surface area contributed by atoms with Gasteiger partial charge in [-0.2, -0.15) is 5.26 Å². The van der Waals surface area contributed by atoms with Crippen LogP contribution in [0.4, 0.5) is 5.82 Å². The van der Waals surface area contributed by atoms with Gasteiger partial charge in [0.1, 0.15) is 23.5 Å². The van der Waals surface area contributed by atoms with Gasteiger partial charge in [0.2, 0.25) is 0 Å². The van der Waals surface area contributed by atoms with Crippen LogP contribution in [0.2, 0.25) is 0 Å². The molecule has 1 aromatic heterocycles. The average Bonchev–Trinajstić information content (AvgIpc) is 2.46. The lowest BCUT2D eigenvalue weighted by Gasteiger charge is -2.16. The van der Waals surface area contributed by atoms with E-state index in [9.17, 15) is 9.59 Å². The quantitative estimate of drug-likeness (QED) is 0.522. The van der Waals surface area contributed by atoms with Gasteiger partial charge >= 0.3 is 5.97 Å². The SMILES string of the molecule is Cc1ccnc(N/C=C(/C#N)C(=O)NC(CC(C)C)C(=O)O)c1. The molecular weight excluding hydrogens is 296 g/mol. The lowest BCUT2D eigenvalue weighted by molar-refractivity contribution is -0.141. The first-order valence-corrected chi connectivity index (χ1v) is 7.16. The van der Waals surface area contributed by atoms with Crippen LogP contribution < -0.4 is 10.6 Å². The lowest BCUT2D eigenvalue weighted by Crippen LogP contribution is -2.42. The van der Waals surface area contributed by atoms with Crippen molar-refractivity contribution < 1.29 is 14.7 Å².